The molecule has 0 aromatic heterocycles. The highest BCUT2D eigenvalue weighted by atomic mass is 16.1. The third kappa shape index (κ3) is 4.59. The minimum Gasteiger partial charge on any atom is -0.353 e. The smallest absolute Gasteiger partial charge is 0.224 e. The summed E-state index contributed by atoms with van der Waals surface area (Å²) in [7, 11) is 0. The van der Waals surface area contributed by atoms with E-state index >= 15 is 0 Å². The number of rotatable bonds is 5. The Morgan fingerprint density at radius 2 is 2.06 bits per heavy atom. The van der Waals surface area contributed by atoms with Crippen LogP contribution in [0.2, 0.25) is 0 Å². The molecule has 1 atom stereocenters. The highest BCUT2D eigenvalue weighted by Gasteiger charge is 2.08. The summed E-state index contributed by atoms with van der Waals surface area (Å²) in [5.74, 6) is 0.123. The lowest BCUT2D eigenvalue weighted by Gasteiger charge is -2.13. The molecular weight excluding hydrogens is 210 g/mol. The fourth-order valence-electron chi connectivity index (χ4n) is 2.05. The van der Waals surface area contributed by atoms with Gasteiger partial charge in [0, 0.05) is 6.04 Å². The van der Waals surface area contributed by atoms with Gasteiger partial charge in [-0.1, -0.05) is 37.1 Å². The van der Waals surface area contributed by atoms with E-state index in [4.69, 9.17) is 0 Å². The third-order valence-corrected chi connectivity index (χ3v) is 2.98. The summed E-state index contributed by atoms with van der Waals surface area (Å²) in [6, 6.07) is 6.51. The van der Waals surface area contributed by atoms with Gasteiger partial charge in [0.25, 0.3) is 0 Å². The van der Waals surface area contributed by atoms with Gasteiger partial charge in [-0.3, -0.25) is 4.79 Å². The maximum Gasteiger partial charge on any atom is 0.224 e. The van der Waals surface area contributed by atoms with Crippen LogP contribution in [0.1, 0.15) is 43.4 Å². The van der Waals surface area contributed by atoms with Crippen molar-refractivity contribution in [3.8, 4) is 0 Å². The molecule has 2 nitrogen and oxygen atoms in total. The zero-order valence-electron chi connectivity index (χ0n) is 11.3. The summed E-state index contributed by atoms with van der Waals surface area (Å²) >= 11 is 0. The molecule has 94 valence electrons. The predicted octanol–water partition coefficient (Wildman–Crippen LogP) is 3.15. The number of amides is 1. The van der Waals surface area contributed by atoms with Crippen molar-refractivity contribution >= 4 is 5.91 Å². The van der Waals surface area contributed by atoms with Crippen molar-refractivity contribution in [2.45, 2.75) is 53.0 Å². The lowest BCUT2D eigenvalue weighted by Crippen LogP contribution is -2.33. The van der Waals surface area contributed by atoms with Crippen LogP contribution >= 0.6 is 0 Å². The Kier molecular flexibility index (Phi) is 5.20. The van der Waals surface area contributed by atoms with Crippen molar-refractivity contribution in [3.63, 3.8) is 0 Å². The average molecular weight is 233 g/mol. The highest BCUT2D eigenvalue weighted by Crippen LogP contribution is 2.11. The van der Waals surface area contributed by atoms with E-state index in [0.717, 1.165) is 18.4 Å². The number of hydrogen-bond donors (Lipinski definition) is 1. The SMILES string of the molecule is CCC[C@@H](C)NC(=O)Cc1ccc(C)cc1C. The van der Waals surface area contributed by atoms with Crippen molar-refractivity contribution in [3.05, 3.63) is 34.9 Å². The maximum absolute atomic E-state index is 11.8. The highest BCUT2D eigenvalue weighted by molar-refractivity contribution is 5.79. The Balaban J connectivity index is 2.56. The molecule has 0 radical (unpaired) electrons. The van der Waals surface area contributed by atoms with E-state index in [9.17, 15) is 4.79 Å². The molecule has 0 aliphatic carbocycles. The lowest BCUT2D eigenvalue weighted by molar-refractivity contribution is -0.121. The summed E-state index contributed by atoms with van der Waals surface area (Å²) in [4.78, 5) is 11.8. The summed E-state index contributed by atoms with van der Waals surface area (Å²) < 4.78 is 0. The van der Waals surface area contributed by atoms with Gasteiger partial charge in [0.2, 0.25) is 5.91 Å². The third-order valence-electron chi connectivity index (χ3n) is 2.98. The minimum atomic E-state index is 0.123. The van der Waals surface area contributed by atoms with Crippen molar-refractivity contribution in [1.82, 2.24) is 5.32 Å². The van der Waals surface area contributed by atoms with Crippen molar-refractivity contribution in [1.29, 1.82) is 0 Å². The van der Waals surface area contributed by atoms with Gasteiger partial charge in [-0.2, -0.15) is 0 Å². The maximum atomic E-state index is 11.8. The second kappa shape index (κ2) is 6.43. The van der Waals surface area contributed by atoms with E-state index in [1.165, 1.54) is 11.1 Å². The van der Waals surface area contributed by atoms with Gasteiger partial charge in [0.15, 0.2) is 0 Å². The molecule has 1 aromatic rings. The molecule has 0 spiro atoms. The molecule has 0 aliphatic heterocycles. The number of hydrogen-bond acceptors (Lipinski definition) is 1. The Morgan fingerprint density at radius 1 is 1.35 bits per heavy atom. The monoisotopic (exact) mass is 233 g/mol. The van der Waals surface area contributed by atoms with Gasteiger partial charge in [-0.25, -0.2) is 0 Å². The first-order valence-corrected chi connectivity index (χ1v) is 6.38. The van der Waals surface area contributed by atoms with Crippen LogP contribution in [0.15, 0.2) is 18.2 Å². The summed E-state index contributed by atoms with van der Waals surface area (Å²) in [6.45, 7) is 8.32. The lowest BCUT2D eigenvalue weighted by atomic mass is 10.0. The van der Waals surface area contributed by atoms with Crippen LogP contribution in [0.3, 0.4) is 0 Å². The number of aryl methyl sites for hydroxylation is 2. The first kappa shape index (κ1) is 13.8. The predicted molar refractivity (Wildman–Crippen MR) is 72.1 cm³/mol. The van der Waals surface area contributed by atoms with E-state index in [1.54, 1.807) is 0 Å². The first-order chi connectivity index (χ1) is 8.02. The van der Waals surface area contributed by atoms with Gasteiger partial charge in [0.05, 0.1) is 6.42 Å². The van der Waals surface area contributed by atoms with Gasteiger partial charge in [0.1, 0.15) is 0 Å². The second-order valence-corrected chi connectivity index (χ2v) is 4.86. The zero-order valence-corrected chi connectivity index (χ0v) is 11.3. The standard InChI is InChI=1S/C15H23NO/c1-5-6-13(4)16-15(17)10-14-8-7-11(2)9-12(14)3/h7-9,13H,5-6,10H2,1-4H3,(H,16,17)/t13-/m1/s1. The molecule has 0 saturated heterocycles. The van der Waals surface area contributed by atoms with Crippen LogP contribution in [0.25, 0.3) is 0 Å². The Hall–Kier alpha value is -1.31. The van der Waals surface area contributed by atoms with Crippen molar-refractivity contribution in [2.24, 2.45) is 0 Å². The van der Waals surface area contributed by atoms with Crippen molar-refractivity contribution in [2.75, 3.05) is 0 Å². The van der Waals surface area contributed by atoms with E-state index < -0.39 is 0 Å². The van der Waals surface area contributed by atoms with Crippen LogP contribution in [0.5, 0.6) is 0 Å². The van der Waals surface area contributed by atoms with Gasteiger partial charge in [-0.15, -0.1) is 0 Å². The molecule has 1 amide bonds. The summed E-state index contributed by atoms with van der Waals surface area (Å²) in [5.41, 5.74) is 3.56. The quantitative estimate of drug-likeness (QED) is 0.831. The molecular formula is C15H23NO. The normalized spacial score (nSPS) is 12.2. The Morgan fingerprint density at radius 3 is 2.65 bits per heavy atom. The molecule has 0 bridgehead atoms. The van der Waals surface area contributed by atoms with Crippen LogP contribution in [0, 0.1) is 13.8 Å². The second-order valence-electron chi connectivity index (χ2n) is 4.86. The average Bonchev–Trinajstić information content (AvgIpc) is 2.22. The molecule has 0 heterocycles. The fraction of sp³-hybridized carbons (Fsp3) is 0.533. The van der Waals surface area contributed by atoms with E-state index in [0.29, 0.717) is 6.42 Å². The molecule has 0 unspecified atom stereocenters. The van der Waals surface area contributed by atoms with Gasteiger partial charge in [-0.05, 0) is 38.3 Å². The van der Waals surface area contributed by atoms with Crippen molar-refractivity contribution < 1.29 is 4.79 Å². The zero-order chi connectivity index (χ0) is 12.8. The molecule has 17 heavy (non-hydrogen) atoms. The number of carbonyl (C=O) groups excluding carboxylic acids is 1. The molecule has 0 aliphatic rings. The first-order valence-electron chi connectivity index (χ1n) is 6.38. The van der Waals surface area contributed by atoms with Crippen LogP contribution in [0.4, 0.5) is 0 Å². The summed E-state index contributed by atoms with van der Waals surface area (Å²) in [6.07, 6.45) is 2.63. The Labute approximate surface area is 104 Å². The van der Waals surface area contributed by atoms with Gasteiger partial charge < -0.3 is 5.32 Å². The minimum absolute atomic E-state index is 0.123. The van der Waals surface area contributed by atoms with E-state index in [2.05, 4.69) is 51.2 Å². The Bertz CT molecular complexity index is 385. The number of nitrogens with one attached hydrogen (secondary N) is 1. The topological polar surface area (TPSA) is 29.1 Å². The molecule has 1 N–H and O–H groups in total. The van der Waals surface area contributed by atoms with Crippen LogP contribution in [-0.2, 0) is 11.2 Å². The van der Waals surface area contributed by atoms with Gasteiger partial charge >= 0.3 is 0 Å². The largest absolute Gasteiger partial charge is 0.353 e. The van der Waals surface area contributed by atoms with Crippen LogP contribution < -0.4 is 5.32 Å². The molecule has 0 fully saturated rings. The molecule has 1 rings (SSSR count). The molecule has 1 aromatic carbocycles. The van der Waals surface area contributed by atoms with E-state index in [-0.39, 0.29) is 11.9 Å². The number of benzene rings is 1. The fourth-order valence-corrected chi connectivity index (χ4v) is 2.05. The summed E-state index contributed by atoms with van der Waals surface area (Å²) in [5, 5.41) is 3.03. The van der Waals surface area contributed by atoms with Crippen LogP contribution in [-0.4, -0.2) is 11.9 Å². The molecule has 0 saturated carbocycles. The molecule has 2 heteroatoms. The van der Waals surface area contributed by atoms with E-state index in [1.807, 2.05) is 0 Å². The number of carbonyl (C=O) groups is 1.